The summed E-state index contributed by atoms with van der Waals surface area (Å²) in [6, 6.07) is 13.2. The molecule has 0 radical (unpaired) electrons. The topological polar surface area (TPSA) is 64.6 Å². The lowest BCUT2D eigenvalue weighted by molar-refractivity contribution is -0.121. The highest BCUT2D eigenvalue weighted by Gasteiger charge is 2.14. The summed E-state index contributed by atoms with van der Waals surface area (Å²) < 4.78 is 10.6. The molecule has 0 aliphatic carbocycles. The van der Waals surface area contributed by atoms with Gasteiger partial charge in [0.25, 0.3) is 0 Å². The fourth-order valence-corrected chi connectivity index (χ4v) is 2.86. The molecule has 3 rings (SSSR count). The zero-order chi connectivity index (χ0) is 18.4. The second kappa shape index (κ2) is 8.52. The van der Waals surface area contributed by atoms with Gasteiger partial charge in [0.05, 0.1) is 0 Å². The first-order valence-electron chi connectivity index (χ1n) is 8.93. The normalized spacial score (nSPS) is 12.0. The average Bonchev–Trinajstić information content (AvgIpc) is 3.13. The summed E-state index contributed by atoms with van der Waals surface area (Å²) in [6.07, 6.45) is 2.48. The number of carbonyl (C=O) groups is 2. The van der Waals surface area contributed by atoms with Crippen molar-refractivity contribution in [1.82, 2.24) is 5.32 Å². The van der Waals surface area contributed by atoms with Crippen molar-refractivity contribution >= 4 is 11.7 Å². The first kappa shape index (κ1) is 18.0. The molecule has 0 fully saturated rings. The Balaban J connectivity index is 1.44. The number of Topliss-reactive ketones (excluding diaryl/α,β-unsaturated/α-hetero) is 1. The number of carbonyl (C=O) groups excluding carboxylic acids is 2. The van der Waals surface area contributed by atoms with Crippen LogP contribution in [0.25, 0.3) is 0 Å². The summed E-state index contributed by atoms with van der Waals surface area (Å²) in [4.78, 5) is 24.2. The van der Waals surface area contributed by atoms with Gasteiger partial charge in [-0.3, -0.25) is 9.59 Å². The SMILES string of the molecule is CCCc1ccc(C(=O)CCC(=O)NCc2ccc3c(c2)OCO3)cc1. The van der Waals surface area contributed by atoms with Crippen LogP contribution in [-0.4, -0.2) is 18.5 Å². The molecule has 5 heteroatoms. The van der Waals surface area contributed by atoms with Gasteiger partial charge < -0.3 is 14.8 Å². The Bertz CT molecular complexity index is 783. The van der Waals surface area contributed by atoms with Crippen molar-refractivity contribution in [3.8, 4) is 11.5 Å². The minimum atomic E-state index is -0.140. The second-order valence-corrected chi connectivity index (χ2v) is 6.33. The van der Waals surface area contributed by atoms with Crippen molar-refractivity contribution in [3.63, 3.8) is 0 Å². The maximum atomic E-state index is 12.2. The lowest BCUT2D eigenvalue weighted by Gasteiger charge is -2.07. The molecule has 2 aromatic carbocycles. The Morgan fingerprint density at radius 3 is 2.46 bits per heavy atom. The van der Waals surface area contributed by atoms with E-state index in [-0.39, 0.29) is 31.3 Å². The summed E-state index contributed by atoms with van der Waals surface area (Å²) >= 11 is 0. The van der Waals surface area contributed by atoms with Crippen LogP contribution < -0.4 is 14.8 Å². The van der Waals surface area contributed by atoms with Gasteiger partial charge in [0.1, 0.15) is 0 Å². The number of benzene rings is 2. The molecule has 136 valence electrons. The third-order valence-electron chi connectivity index (χ3n) is 4.32. The maximum Gasteiger partial charge on any atom is 0.231 e. The number of hydrogen-bond donors (Lipinski definition) is 1. The van der Waals surface area contributed by atoms with Crippen molar-refractivity contribution in [2.45, 2.75) is 39.2 Å². The van der Waals surface area contributed by atoms with E-state index < -0.39 is 0 Å². The van der Waals surface area contributed by atoms with Gasteiger partial charge in [-0.2, -0.15) is 0 Å². The molecule has 0 unspecified atom stereocenters. The minimum Gasteiger partial charge on any atom is -0.454 e. The van der Waals surface area contributed by atoms with Gasteiger partial charge in [-0.25, -0.2) is 0 Å². The lowest BCUT2D eigenvalue weighted by atomic mass is 10.0. The van der Waals surface area contributed by atoms with Crippen LogP contribution in [0.3, 0.4) is 0 Å². The first-order chi connectivity index (χ1) is 12.7. The van der Waals surface area contributed by atoms with Crippen LogP contribution in [0.4, 0.5) is 0 Å². The van der Waals surface area contributed by atoms with E-state index in [0.717, 1.165) is 24.2 Å². The van der Waals surface area contributed by atoms with E-state index in [1.54, 1.807) is 0 Å². The Morgan fingerprint density at radius 1 is 0.962 bits per heavy atom. The molecule has 0 aromatic heterocycles. The largest absolute Gasteiger partial charge is 0.454 e. The van der Waals surface area contributed by atoms with Crippen LogP contribution in [0.15, 0.2) is 42.5 Å². The summed E-state index contributed by atoms with van der Waals surface area (Å²) in [6.45, 7) is 2.75. The summed E-state index contributed by atoms with van der Waals surface area (Å²) in [5.41, 5.74) is 2.82. The Hall–Kier alpha value is -2.82. The van der Waals surface area contributed by atoms with Gasteiger partial charge >= 0.3 is 0 Å². The van der Waals surface area contributed by atoms with E-state index in [0.29, 0.717) is 17.9 Å². The molecule has 1 heterocycles. The smallest absolute Gasteiger partial charge is 0.231 e. The molecule has 0 bridgehead atoms. The first-order valence-corrected chi connectivity index (χ1v) is 8.93. The van der Waals surface area contributed by atoms with E-state index in [4.69, 9.17) is 9.47 Å². The average molecular weight is 353 g/mol. The molecule has 0 saturated heterocycles. The van der Waals surface area contributed by atoms with Gasteiger partial charge in [-0.1, -0.05) is 43.7 Å². The van der Waals surface area contributed by atoms with E-state index in [1.807, 2.05) is 42.5 Å². The number of rotatable bonds is 8. The molecule has 1 N–H and O–H groups in total. The third kappa shape index (κ3) is 4.63. The van der Waals surface area contributed by atoms with Crippen LogP contribution in [0.5, 0.6) is 11.5 Å². The Morgan fingerprint density at radius 2 is 1.69 bits per heavy atom. The van der Waals surface area contributed by atoms with Gasteiger partial charge in [0.2, 0.25) is 12.7 Å². The number of fused-ring (bicyclic) bond motifs is 1. The van der Waals surface area contributed by atoms with Gasteiger partial charge in [0.15, 0.2) is 17.3 Å². The number of aryl methyl sites for hydroxylation is 1. The number of hydrogen-bond acceptors (Lipinski definition) is 4. The van der Waals surface area contributed by atoms with Crippen molar-refractivity contribution in [1.29, 1.82) is 0 Å². The fourth-order valence-electron chi connectivity index (χ4n) is 2.86. The standard InChI is InChI=1S/C21H23NO4/c1-2-3-15-4-7-17(8-5-15)18(23)9-11-21(24)22-13-16-6-10-19-20(12-16)26-14-25-19/h4-8,10,12H,2-3,9,11,13-14H2,1H3,(H,22,24). The Labute approximate surface area is 153 Å². The van der Waals surface area contributed by atoms with Crippen molar-refractivity contribution < 1.29 is 19.1 Å². The van der Waals surface area contributed by atoms with E-state index in [1.165, 1.54) is 5.56 Å². The maximum absolute atomic E-state index is 12.2. The molecule has 5 nitrogen and oxygen atoms in total. The number of ketones is 1. The molecule has 1 aliphatic rings. The number of amides is 1. The third-order valence-corrected chi connectivity index (χ3v) is 4.32. The molecule has 26 heavy (non-hydrogen) atoms. The second-order valence-electron chi connectivity index (χ2n) is 6.33. The summed E-state index contributed by atoms with van der Waals surface area (Å²) in [5.74, 6) is 1.26. The quantitative estimate of drug-likeness (QED) is 0.736. The predicted molar refractivity (Wildman–Crippen MR) is 98.4 cm³/mol. The monoisotopic (exact) mass is 353 g/mol. The highest BCUT2D eigenvalue weighted by atomic mass is 16.7. The molecule has 1 amide bonds. The van der Waals surface area contributed by atoms with Gasteiger partial charge in [-0.05, 0) is 29.7 Å². The predicted octanol–water partition coefficient (Wildman–Crippen LogP) is 3.65. The van der Waals surface area contributed by atoms with Crippen LogP contribution >= 0.6 is 0 Å². The molecular formula is C21H23NO4. The van der Waals surface area contributed by atoms with Gasteiger partial charge in [-0.15, -0.1) is 0 Å². The Kier molecular flexibility index (Phi) is 5.89. The van der Waals surface area contributed by atoms with E-state index in [2.05, 4.69) is 12.2 Å². The zero-order valence-corrected chi connectivity index (χ0v) is 14.9. The summed E-state index contributed by atoms with van der Waals surface area (Å²) in [5, 5.41) is 2.84. The van der Waals surface area contributed by atoms with Crippen LogP contribution in [0.2, 0.25) is 0 Å². The molecule has 0 saturated carbocycles. The summed E-state index contributed by atoms with van der Waals surface area (Å²) in [7, 11) is 0. The fraction of sp³-hybridized carbons (Fsp3) is 0.333. The minimum absolute atomic E-state index is 0.00808. The lowest BCUT2D eigenvalue weighted by Crippen LogP contribution is -2.23. The van der Waals surface area contributed by atoms with Crippen LogP contribution in [-0.2, 0) is 17.8 Å². The molecule has 0 spiro atoms. The van der Waals surface area contributed by atoms with Crippen molar-refractivity contribution in [2.75, 3.05) is 6.79 Å². The highest BCUT2D eigenvalue weighted by molar-refractivity contribution is 5.97. The molecular weight excluding hydrogens is 330 g/mol. The van der Waals surface area contributed by atoms with Crippen molar-refractivity contribution in [2.24, 2.45) is 0 Å². The van der Waals surface area contributed by atoms with Gasteiger partial charge in [0, 0.05) is 24.9 Å². The molecule has 0 atom stereocenters. The van der Waals surface area contributed by atoms with E-state index in [9.17, 15) is 9.59 Å². The van der Waals surface area contributed by atoms with Crippen LogP contribution in [0.1, 0.15) is 47.7 Å². The van der Waals surface area contributed by atoms with Crippen LogP contribution in [0, 0.1) is 0 Å². The number of nitrogens with one attached hydrogen (secondary N) is 1. The van der Waals surface area contributed by atoms with Crippen molar-refractivity contribution in [3.05, 3.63) is 59.2 Å². The molecule has 1 aliphatic heterocycles. The van der Waals surface area contributed by atoms with E-state index >= 15 is 0 Å². The molecule has 2 aromatic rings. The number of ether oxygens (including phenoxy) is 2. The highest BCUT2D eigenvalue weighted by Crippen LogP contribution is 2.32. The zero-order valence-electron chi connectivity index (χ0n) is 14.9.